The molecule has 0 aromatic rings. The van der Waals surface area contributed by atoms with Gasteiger partial charge in [-0.15, -0.1) is 0 Å². The normalized spacial score (nSPS) is 51.7. The third-order valence-electron chi connectivity index (χ3n) is 19.5. The van der Waals surface area contributed by atoms with Crippen LogP contribution in [0.5, 0.6) is 0 Å². The first-order chi connectivity index (χ1) is 32.0. The van der Waals surface area contributed by atoms with Gasteiger partial charge in [0.2, 0.25) is 6.29 Å². The Morgan fingerprint density at radius 3 is 2.00 bits per heavy atom. The summed E-state index contributed by atoms with van der Waals surface area (Å²) in [5.41, 5.74) is -1.08. The molecule has 5 aliphatic carbocycles. The van der Waals surface area contributed by atoms with E-state index in [2.05, 4.69) is 54.5 Å². The standard InChI is InChI=1S/C48H78O20S/c1-22-30(50)32(52)35(55)40(63-22)66-38-25(20-49)64-39(37(57)34(38)54)62-21-26-31(51)33(53)36(56)41(65-26)67-42(58)48-17-15-43(2,3)19-24(48)23-9-10-28-45(6)13-12-29(68-69(59,60)61)44(4,5)27(45)11-14-47(28,8)46(23,7)16-18-48/h9,22,24-41,49-57H,10-21H2,1-8H3,(H,59,60,61)/t22?,24-,25?,26?,27?,28?,29?,30-,31+,32?,33?,34?,35-,36-,37-,38+,39+,40-,41-,45-,46+,47+,48-/m0/s1. The Labute approximate surface area is 404 Å². The predicted octanol–water partition coefficient (Wildman–Crippen LogP) is 0.995. The third kappa shape index (κ3) is 8.99. The third-order valence-corrected chi connectivity index (χ3v) is 19.9. The van der Waals surface area contributed by atoms with E-state index in [1.54, 1.807) is 0 Å². The minimum Gasteiger partial charge on any atom is -0.432 e. The van der Waals surface area contributed by atoms with Crippen LogP contribution in [-0.2, 0) is 47.8 Å². The summed E-state index contributed by atoms with van der Waals surface area (Å²) in [5, 5.41) is 96.5. The van der Waals surface area contributed by atoms with Crippen molar-refractivity contribution < 1.29 is 96.3 Å². The molecule has 396 valence electrons. The average Bonchev–Trinajstić information content (AvgIpc) is 3.27. The first-order valence-electron chi connectivity index (χ1n) is 24.8. The van der Waals surface area contributed by atoms with Gasteiger partial charge in [0.25, 0.3) is 0 Å². The molecule has 0 spiro atoms. The second-order valence-electron chi connectivity index (χ2n) is 24.0. The van der Waals surface area contributed by atoms with E-state index in [-0.39, 0.29) is 39.4 Å². The highest BCUT2D eigenvalue weighted by Crippen LogP contribution is 2.76. The molecule has 23 atom stereocenters. The van der Waals surface area contributed by atoms with Crippen LogP contribution in [-0.4, -0.2) is 176 Å². The molecule has 69 heavy (non-hydrogen) atoms. The lowest BCUT2D eigenvalue weighted by Gasteiger charge is -2.71. The lowest BCUT2D eigenvalue weighted by molar-refractivity contribution is -0.361. The minimum absolute atomic E-state index is 0.121. The van der Waals surface area contributed by atoms with Crippen LogP contribution in [0.25, 0.3) is 0 Å². The molecule has 20 nitrogen and oxygen atoms in total. The number of carbonyl (C=O) groups excluding carboxylic acids is 1. The number of ether oxygens (including phenoxy) is 6. The van der Waals surface area contributed by atoms with Crippen molar-refractivity contribution in [3.05, 3.63) is 11.6 Å². The molecule has 8 rings (SSSR count). The van der Waals surface area contributed by atoms with Gasteiger partial charge in [0.05, 0.1) is 30.8 Å². The number of allylic oxidation sites excluding steroid dienone is 2. The second kappa shape index (κ2) is 18.7. The Morgan fingerprint density at radius 2 is 1.33 bits per heavy atom. The van der Waals surface area contributed by atoms with E-state index >= 15 is 0 Å². The molecule has 8 aliphatic rings. The zero-order valence-electron chi connectivity index (χ0n) is 41.0. The fraction of sp³-hybridized carbons (Fsp3) is 0.938. The summed E-state index contributed by atoms with van der Waals surface area (Å²) in [6.07, 6.45) is -15.9. The number of aliphatic hydroxyl groups excluding tert-OH is 9. The Hall–Kier alpha value is -1.48. The number of aliphatic hydroxyl groups is 9. The van der Waals surface area contributed by atoms with Crippen LogP contribution in [0.4, 0.5) is 0 Å². The summed E-state index contributed by atoms with van der Waals surface area (Å²) < 4.78 is 73.5. The number of hydrogen-bond acceptors (Lipinski definition) is 19. The van der Waals surface area contributed by atoms with Crippen LogP contribution in [0.2, 0.25) is 0 Å². The van der Waals surface area contributed by atoms with E-state index in [9.17, 15) is 63.7 Å². The van der Waals surface area contributed by atoms with E-state index in [1.807, 2.05) is 0 Å². The maximum Gasteiger partial charge on any atom is 0.397 e. The van der Waals surface area contributed by atoms with Gasteiger partial charge in [0.15, 0.2) is 12.6 Å². The molecular formula is C48H78O20S. The Balaban J connectivity index is 0.976. The summed E-state index contributed by atoms with van der Waals surface area (Å²) in [6, 6.07) is 0. The van der Waals surface area contributed by atoms with E-state index in [0.717, 1.165) is 32.1 Å². The van der Waals surface area contributed by atoms with Gasteiger partial charge in [-0.05, 0) is 116 Å². The SMILES string of the molecule is CC1O[C@@H](O[C@@H]2C(CO)O[C@@H](OCC3O[C@@H](OC(=O)[C@]45CCC(C)(C)C[C@H]4C4=CCC6[C@@]7(C)CCC(OS(=O)(=O)O)C(C)(C)C7CC[C@@]6(C)[C@]4(C)CC5)[C@@H](O)C(O)[C@@H]3O)[C@@H](O)C2O)[C@@H](O)C(O)[C@H]1O. The first kappa shape index (κ1) is 53.8. The number of fused-ring (bicyclic) bond motifs is 7. The fourth-order valence-electron chi connectivity index (χ4n) is 15.1. The van der Waals surface area contributed by atoms with Gasteiger partial charge in [-0.2, -0.15) is 8.42 Å². The highest BCUT2D eigenvalue weighted by Gasteiger charge is 2.70. The summed E-state index contributed by atoms with van der Waals surface area (Å²) in [5.74, 6) is -0.442. The second-order valence-corrected chi connectivity index (χ2v) is 25.0. The molecule has 21 heteroatoms. The van der Waals surface area contributed by atoms with Gasteiger partial charge in [0, 0.05) is 0 Å². The lowest BCUT2D eigenvalue weighted by atomic mass is 9.33. The fourth-order valence-corrected chi connectivity index (χ4v) is 15.7. The van der Waals surface area contributed by atoms with Crippen LogP contribution in [0.15, 0.2) is 11.6 Å². The van der Waals surface area contributed by atoms with Gasteiger partial charge < -0.3 is 74.4 Å². The van der Waals surface area contributed by atoms with Gasteiger partial charge in [-0.3, -0.25) is 9.35 Å². The molecule has 3 aliphatic heterocycles. The van der Waals surface area contributed by atoms with Crippen molar-refractivity contribution in [2.45, 2.75) is 218 Å². The smallest absolute Gasteiger partial charge is 0.397 e. The van der Waals surface area contributed by atoms with E-state index in [0.29, 0.717) is 32.1 Å². The van der Waals surface area contributed by atoms with Gasteiger partial charge >= 0.3 is 16.4 Å². The van der Waals surface area contributed by atoms with Crippen molar-refractivity contribution in [1.29, 1.82) is 0 Å². The molecule has 3 saturated heterocycles. The predicted molar refractivity (Wildman–Crippen MR) is 239 cm³/mol. The quantitative estimate of drug-likeness (QED) is 0.0829. The summed E-state index contributed by atoms with van der Waals surface area (Å²) in [4.78, 5) is 15.0. The van der Waals surface area contributed by atoms with E-state index < -0.39 is 139 Å². The van der Waals surface area contributed by atoms with Crippen molar-refractivity contribution in [2.24, 2.45) is 50.2 Å². The van der Waals surface area contributed by atoms with Crippen LogP contribution in [0.1, 0.15) is 120 Å². The highest BCUT2D eigenvalue weighted by atomic mass is 32.3. The van der Waals surface area contributed by atoms with Crippen molar-refractivity contribution in [2.75, 3.05) is 13.2 Å². The number of esters is 1. The summed E-state index contributed by atoms with van der Waals surface area (Å²) in [7, 11) is -4.64. The maximum absolute atomic E-state index is 15.0. The number of rotatable bonds is 10. The maximum atomic E-state index is 15.0. The van der Waals surface area contributed by atoms with Crippen LogP contribution in [0, 0.1) is 50.2 Å². The number of hydrogen-bond donors (Lipinski definition) is 10. The molecule has 10 N–H and O–H groups in total. The minimum atomic E-state index is -4.64. The molecule has 7 fully saturated rings. The molecule has 0 bridgehead atoms. The van der Waals surface area contributed by atoms with Crippen molar-refractivity contribution >= 4 is 16.4 Å². The largest absolute Gasteiger partial charge is 0.432 e. The molecule has 3 heterocycles. The molecule has 0 aromatic carbocycles. The lowest BCUT2D eigenvalue weighted by Crippen LogP contribution is -2.65. The first-order valence-corrected chi connectivity index (χ1v) is 26.2. The molecule has 0 aromatic heterocycles. The molecule has 9 unspecified atom stereocenters. The van der Waals surface area contributed by atoms with Gasteiger partial charge in [-0.25, -0.2) is 4.18 Å². The number of carbonyl (C=O) groups is 1. The van der Waals surface area contributed by atoms with Gasteiger partial charge in [-0.1, -0.05) is 60.1 Å². The van der Waals surface area contributed by atoms with Crippen molar-refractivity contribution in [1.82, 2.24) is 0 Å². The molecule has 4 saturated carbocycles. The zero-order valence-corrected chi connectivity index (χ0v) is 41.8. The van der Waals surface area contributed by atoms with Crippen molar-refractivity contribution in [3.8, 4) is 0 Å². The van der Waals surface area contributed by atoms with Crippen molar-refractivity contribution in [3.63, 3.8) is 0 Å². The monoisotopic (exact) mass is 1010 g/mol. The topological polar surface area (TPSA) is 318 Å². The van der Waals surface area contributed by atoms with Crippen LogP contribution >= 0.6 is 0 Å². The summed E-state index contributed by atoms with van der Waals surface area (Å²) in [6.45, 7) is 15.6. The Kier molecular flexibility index (Phi) is 14.6. The Bertz CT molecular complexity index is 2030. The van der Waals surface area contributed by atoms with E-state index in [1.165, 1.54) is 12.5 Å². The average molecular weight is 1010 g/mol. The molecule has 0 amide bonds. The Morgan fingerprint density at radius 1 is 0.710 bits per heavy atom. The highest BCUT2D eigenvalue weighted by molar-refractivity contribution is 7.80. The summed E-state index contributed by atoms with van der Waals surface area (Å²) >= 11 is 0. The molecular weight excluding hydrogens is 929 g/mol. The van der Waals surface area contributed by atoms with Gasteiger partial charge in [0.1, 0.15) is 67.1 Å². The van der Waals surface area contributed by atoms with Crippen LogP contribution in [0.3, 0.4) is 0 Å². The van der Waals surface area contributed by atoms with Crippen LogP contribution < -0.4 is 0 Å². The zero-order chi connectivity index (χ0) is 50.8. The van der Waals surface area contributed by atoms with E-state index in [4.69, 9.17) is 32.6 Å². The molecule has 0 radical (unpaired) electrons.